The Morgan fingerprint density at radius 1 is 1.42 bits per heavy atom. The Morgan fingerprint density at radius 2 is 2.08 bits per heavy atom. The van der Waals surface area contributed by atoms with Crippen LogP contribution in [0.2, 0.25) is 0 Å². The summed E-state index contributed by atoms with van der Waals surface area (Å²) in [6, 6.07) is 0. The SMILES string of the molecule is CC(C)=C1CCC(=O)/C(=C/O)C1. The zero-order valence-corrected chi connectivity index (χ0v) is 7.55. The molecule has 12 heavy (non-hydrogen) atoms. The van der Waals surface area contributed by atoms with Crippen molar-refractivity contribution in [1.29, 1.82) is 0 Å². The van der Waals surface area contributed by atoms with Crippen LogP contribution in [0.1, 0.15) is 33.1 Å². The fourth-order valence-electron chi connectivity index (χ4n) is 1.39. The summed E-state index contributed by atoms with van der Waals surface area (Å²) in [6.07, 6.45) is 2.99. The van der Waals surface area contributed by atoms with E-state index in [2.05, 4.69) is 0 Å². The molecule has 2 heteroatoms. The van der Waals surface area contributed by atoms with Gasteiger partial charge in [0, 0.05) is 18.4 Å². The second kappa shape index (κ2) is 3.57. The van der Waals surface area contributed by atoms with E-state index >= 15 is 0 Å². The average molecular weight is 166 g/mol. The lowest BCUT2D eigenvalue weighted by atomic mass is 9.88. The summed E-state index contributed by atoms with van der Waals surface area (Å²) in [5.41, 5.74) is 3.11. The highest BCUT2D eigenvalue weighted by atomic mass is 16.2. The number of hydrogen-bond donors (Lipinski definition) is 1. The van der Waals surface area contributed by atoms with E-state index < -0.39 is 0 Å². The van der Waals surface area contributed by atoms with Gasteiger partial charge in [-0.15, -0.1) is 0 Å². The van der Waals surface area contributed by atoms with Gasteiger partial charge in [-0.2, -0.15) is 0 Å². The third-order valence-corrected chi connectivity index (χ3v) is 2.28. The molecule has 0 atom stereocenters. The van der Waals surface area contributed by atoms with Crippen molar-refractivity contribution in [3.05, 3.63) is 23.0 Å². The molecule has 2 nitrogen and oxygen atoms in total. The summed E-state index contributed by atoms with van der Waals surface area (Å²) in [5.74, 6) is 0.0856. The van der Waals surface area contributed by atoms with Crippen molar-refractivity contribution in [2.45, 2.75) is 33.1 Å². The maximum atomic E-state index is 11.1. The molecular weight excluding hydrogens is 152 g/mol. The maximum absolute atomic E-state index is 11.1. The van der Waals surface area contributed by atoms with Crippen molar-refractivity contribution in [2.75, 3.05) is 0 Å². The zero-order valence-electron chi connectivity index (χ0n) is 7.55. The van der Waals surface area contributed by atoms with E-state index in [0.717, 1.165) is 12.7 Å². The van der Waals surface area contributed by atoms with Gasteiger partial charge in [0.05, 0.1) is 6.26 Å². The van der Waals surface area contributed by atoms with Crippen LogP contribution >= 0.6 is 0 Å². The smallest absolute Gasteiger partial charge is 0.162 e. The van der Waals surface area contributed by atoms with Gasteiger partial charge in [0.1, 0.15) is 0 Å². The first-order chi connectivity index (χ1) is 5.65. The van der Waals surface area contributed by atoms with Crippen molar-refractivity contribution in [1.82, 2.24) is 0 Å². The minimum absolute atomic E-state index is 0.0856. The van der Waals surface area contributed by atoms with Crippen LogP contribution in [0.5, 0.6) is 0 Å². The zero-order chi connectivity index (χ0) is 9.14. The molecule has 1 N–H and O–H groups in total. The molecule has 0 amide bonds. The lowest BCUT2D eigenvalue weighted by molar-refractivity contribution is -0.116. The molecule has 0 spiro atoms. The third-order valence-electron chi connectivity index (χ3n) is 2.28. The lowest BCUT2D eigenvalue weighted by Crippen LogP contribution is -2.11. The first kappa shape index (κ1) is 9.04. The molecule has 1 aliphatic rings. The summed E-state index contributed by atoms with van der Waals surface area (Å²) >= 11 is 0. The maximum Gasteiger partial charge on any atom is 0.162 e. The number of hydrogen-bond acceptors (Lipinski definition) is 2. The van der Waals surface area contributed by atoms with Gasteiger partial charge in [0.25, 0.3) is 0 Å². The molecule has 0 aromatic carbocycles. The fourth-order valence-corrected chi connectivity index (χ4v) is 1.39. The van der Waals surface area contributed by atoms with Crippen LogP contribution in [-0.4, -0.2) is 10.9 Å². The number of aliphatic hydroxyl groups is 1. The number of carbonyl (C=O) groups excluding carboxylic acids is 1. The highest BCUT2D eigenvalue weighted by Gasteiger charge is 2.18. The summed E-state index contributed by atoms with van der Waals surface area (Å²) in [4.78, 5) is 11.1. The standard InChI is InChI=1S/C10H14O2/c1-7(2)8-3-4-10(12)9(5-8)6-11/h6,11H,3-5H2,1-2H3/b9-6+. The van der Waals surface area contributed by atoms with Gasteiger partial charge in [0.2, 0.25) is 0 Å². The molecule has 0 bridgehead atoms. The molecule has 0 aromatic rings. The molecule has 0 heterocycles. The van der Waals surface area contributed by atoms with Crippen molar-refractivity contribution in [3.8, 4) is 0 Å². The number of carbonyl (C=O) groups is 1. The van der Waals surface area contributed by atoms with Crippen molar-refractivity contribution in [2.24, 2.45) is 0 Å². The van der Waals surface area contributed by atoms with E-state index in [1.165, 1.54) is 11.1 Å². The van der Waals surface area contributed by atoms with E-state index in [-0.39, 0.29) is 5.78 Å². The van der Waals surface area contributed by atoms with Gasteiger partial charge < -0.3 is 5.11 Å². The fraction of sp³-hybridized carbons (Fsp3) is 0.500. The quantitative estimate of drug-likeness (QED) is 0.341. The number of Topliss-reactive ketones (excluding diaryl/α,β-unsaturated/α-hetero) is 1. The van der Waals surface area contributed by atoms with E-state index in [4.69, 9.17) is 5.11 Å². The highest BCUT2D eigenvalue weighted by Crippen LogP contribution is 2.26. The molecule has 66 valence electrons. The normalized spacial score (nSPS) is 21.7. The minimum atomic E-state index is 0.0856. The molecule has 1 saturated carbocycles. The molecule has 0 saturated heterocycles. The predicted octanol–water partition coefficient (Wildman–Crippen LogP) is 2.52. The van der Waals surface area contributed by atoms with Crippen LogP contribution in [0.15, 0.2) is 23.0 Å². The molecule has 1 aliphatic carbocycles. The number of allylic oxidation sites excluding steroid dienone is 3. The highest BCUT2D eigenvalue weighted by molar-refractivity contribution is 5.96. The molecule has 0 aliphatic heterocycles. The van der Waals surface area contributed by atoms with E-state index in [1.807, 2.05) is 13.8 Å². The van der Waals surface area contributed by atoms with Crippen molar-refractivity contribution >= 4 is 5.78 Å². The van der Waals surface area contributed by atoms with E-state index in [9.17, 15) is 4.79 Å². The van der Waals surface area contributed by atoms with E-state index in [1.54, 1.807) is 0 Å². The van der Waals surface area contributed by atoms with Crippen LogP contribution in [0.3, 0.4) is 0 Å². The van der Waals surface area contributed by atoms with Crippen molar-refractivity contribution < 1.29 is 9.90 Å². The van der Waals surface area contributed by atoms with Gasteiger partial charge >= 0.3 is 0 Å². The Labute approximate surface area is 72.6 Å². The average Bonchev–Trinajstić information content (AvgIpc) is 2.05. The minimum Gasteiger partial charge on any atom is -0.515 e. The molecule has 1 rings (SSSR count). The van der Waals surface area contributed by atoms with Gasteiger partial charge in [-0.25, -0.2) is 0 Å². The Morgan fingerprint density at radius 3 is 2.58 bits per heavy atom. The van der Waals surface area contributed by atoms with Gasteiger partial charge in [-0.05, 0) is 20.3 Å². The van der Waals surface area contributed by atoms with Crippen LogP contribution in [0, 0.1) is 0 Å². The summed E-state index contributed by atoms with van der Waals surface area (Å²) < 4.78 is 0. The molecule has 0 unspecified atom stereocenters. The lowest BCUT2D eigenvalue weighted by Gasteiger charge is -2.16. The Balaban J connectivity index is 2.83. The second-order valence-electron chi connectivity index (χ2n) is 3.36. The summed E-state index contributed by atoms with van der Waals surface area (Å²) in [5, 5.41) is 8.76. The van der Waals surface area contributed by atoms with Gasteiger partial charge in [-0.3, -0.25) is 4.79 Å². The molecule has 0 aromatic heterocycles. The second-order valence-corrected chi connectivity index (χ2v) is 3.36. The third kappa shape index (κ3) is 1.76. The van der Waals surface area contributed by atoms with Gasteiger partial charge in [-0.1, -0.05) is 11.1 Å². The monoisotopic (exact) mass is 166 g/mol. The molecular formula is C10H14O2. The van der Waals surface area contributed by atoms with E-state index in [0.29, 0.717) is 18.4 Å². The van der Waals surface area contributed by atoms with Crippen LogP contribution in [0.4, 0.5) is 0 Å². The Bertz CT molecular complexity index is 255. The number of aliphatic hydroxyl groups excluding tert-OH is 1. The summed E-state index contributed by atoms with van der Waals surface area (Å²) in [6.45, 7) is 4.08. The summed E-state index contributed by atoms with van der Waals surface area (Å²) in [7, 11) is 0. The topological polar surface area (TPSA) is 37.3 Å². The van der Waals surface area contributed by atoms with Crippen molar-refractivity contribution in [3.63, 3.8) is 0 Å². The first-order valence-electron chi connectivity index (χ1n) is 4.17. The number of rotatable bonds is 0. The Hall–Kier alpha value is -1.05. The Kier molecular flexibility index (Phi) is 2.69. The van der Waals surface area contributed by atoms with Crippen LogP contribution < -0.4 is 0 Å². The number of ketones is 1. The predicted molar refractivity (Wildman–Crippen MR) is 47.9 cm³/mol. The molecule has 1 fully saturated rings. The first-order valence-corrected chi connectivity index (χ1v) is 4.17. The molecule has 0 radical (unpaired) electrons. The van der Waals surface area contributed by atoms with Crippen LogP contribution in [0.25, 0.3) is 0 Å². The largest absolute Gasteiger partial charge is 0.515 e. The van der Waals surface area contributed by atoms with Crippen LogP contribution in [-0.2, 0) is 4.79 Å². The van der Waals surface area contributed by atoms with Gasteiger partial charge in [0.15, 0.2) is 5.78 Å².